The van der Waals surface area contributed by atoms with E-state index in [0.29, 0.717) is 5.69 Å². The van der Waals surface area contributed by atoms with Crippen molar-refractivity contribution < 1.29 is 9.84 Å². The van der Waals surface area contributed by atoms with E-state index in [1.54, 1.807) is 18.2 Å². The molecule has 3 aromatic rings. The summed E-state index contributed by atoms with van der Waals surface area (Å²) in [7, 11) is 0. The maximum atomic E-state index is 12.2. The molecule has 3 rings (SSSR count). The van der Waals surface area contributed by atoms with Crippen LogP contribution in [-0.4, -0.2) is 10.1 Å². The molecule has 23 heavy (non-hydrogen) atoms. The number of hydrogen-bond acceptors (Lipinski definition) is 3. The van der Waals surface area contributed by atoms with Gasteiger partial charge in [-0.3, -0.25) is 0 Å². The molecule has 0 amide bonds. The molecule has 1 aromatic heterocycles. The summed E-state index contributed by atoms with van der Waals surface area (Å²) in [6.07, 6.45) is 1.28. The number of benzene rings is 2. The van der Waals surface area contributed by atoms with E-state index in [1.807, 2.05) is 50.2 Å². The minimum absolute atomic E-state index is 0.172. The Kier molecular flexibility index (Phi) is 3.98. The summed E-state index contributed by atoms with van der Waals surface area (Å²) in [5.74, 6) is 0.420. The van der Waals surface area contributed by atoms with Crippen molar-refractivity contribution in [1.29, 1.82) is 0 Å². The molecule has 4 heteroatoms. The van der Waals surface area contributed by atoms with Gasteiger partial charge in [-0.2, -0.15) is 0 Å². The van der Waals surface area contributed by atoms with Crippen LogP contribution in [0.4, 0.5) is 0 Å². The molecule has 4 nitrogen and oxygen atoms in total. The molecule has 0 aliphatic carbocycles. The van der Waals surface area contributed by atoms with Crippen molar-refractivity contribution in [2.75, 3.05) is 0 Å². The summed E-state index contributed by atoms with van der Waals surface area (Å²) in [6.45, 7) is 4.01. The van der Waals surface area contributed by atoms with E-state index >= 15 is 0 Å². The zero-order chi connectivity index (χ0) is 16.4. The molecule has 0 bridgehead atoms. The lowest BCUT2D eigenvalue weighted by atomic mass is 9.98. The number of aromatic hydroxyl groups is 1. The van der Waals surface area contributed by atoms with Crippen molar-refractivity contribution >= 4 is 0 Å². The van der Waals surface area contributed by atoms with Crippen LogP contribution in [0, 0.1) is 5.21 Å². The van der Waals surface area contributed by atoms with Gasteiger partial charge in [-0.05, 0) is 34.7 Å². The summed E-state index contributed by atoms with van der Waals surface area (Å²) in [5.41, 5.74) is 3.80. The average molecular weight is 306 g/mol. The Morgan fingerprint density at radius 1 is 1.00 bits per heavy atom. The van der Waals surface area contributed by atoms with Crippen LogP contribution in [0.25, 0.3) is 22.5 Å². The summed E-state index contributed by atoms with van der Waals surface area (Å²) in [4.78, 5) is 4.21. The zero-order valence-electron chi connectivity index (χ0n) is 13.1. The van der Waals surface area contributed by atoms with Crippen LogP contribution in [0.3, 0.4) is 0 Å². The molecule has 116 valence electrons. The number of phenols is 1. The maximum Gasteiger partial charge on any atom is 0.290 e. The SMILES string of the molecule is CC(C)c1cc(-c2cc(-c3ccccc3)nc[n+]2[O-])ccc1O. The fourth-order valence-electron chi connectivity index (χ4n) is 2.56. The summed E-state index contributed by atoms with van der Waals surface area (Å²) >= 11 is 0. The third kappa shape index (κ3) is 3.01. The van der Waals surface area contributed by atoms with Crippen LogP contribution in [0.15, 0.2) is 60.9 Å². The first-order valence-corrected chi connectivity index (χ1v) is 7.54. The molecule has 0 saturated carbocycles. The van der Waals surface area contributed by atoms with E-state index in [2.05, 4.69) is 4.98 Å². The second-order valence-corrected chi connectivity index (χ2v) is 5.78. The van der Waals surface area contributed by atoms with Crippen molar-refractivity contribution in [3.8, 4) is 28.3 Å². The van der Waals surface area contributed by atoms with Crippen LogP contribution in [0.2, 0.25) is 0 Å². The largest absolute Gasteiger partial charge is 0.710 e. The van der Waals surface area contributed by atoms with Crippen molar-refractivity contribution in [3.05, 3.63) is 71.7 Å². The van der Waals surface area contributed by atoms with Crippen LogP contribution >= 0.6 is 0 Å². The van der Waals surface area contributed by atoms with Gasteiger partial charge in [0.1, 0.15) is 11.4 Å². The lowest BCUT2D eigenvalue weighted by Gasteiger charge is -2.13. The molecule has 0 unspecified atom stereocenters. The van der Waals surface area contributed by atoms with Gasteiger partial charge in [-0.15, -0.1) is 0 Å². The van der Waals surface area contributed by atoms with Crippen molar-refractivity contribution in [2.24, 2.45) is 0 Å². The van der Waals surface area contributed by atoms with Crippen LogP contribution < -0.4 is 4.73 Å². The zero-order valence-corrected chi connectivity index (χ0v) is 13.1. The Bertz CT molecular complexity index is 830. The quantitative estimate of drug-likeness (QED) is 0.590. The highest BCUT2D eigenvalue weighted by Crippen LogP contribution is 2.30. The molecular formula is C19H18N2O2. The van der Waals surface area contributed by atoms with Gasteiger partial charge in [-0.1, -0.05) is 44.2 Å². The van der Waals surface area contributed by atoms with Gasteiger partial charge < -0.3 is 10.3 Å². The molecular weight excluding hydrogens is 288 g/mol. The van der Waals surface area contributed by atoms with Gasteiger partial charge in [0, 0.05) is 17.2 Å². The number of nitrogens with zero attached hydrogens (tertiary/aromatic N) is 2. The first-order valence-electron chi connectivity index (χ1n) is 7.54. The Labute approximate surface area is 135 Å². The average Bonchev–Trinajstić information content (AvgIpc) is 2.56. The highest BCUT2D eigenvalue weighted by atomic mass is 16.5. The lowest BCUT2D eigenvalue weighted by Crippen LogP contribution is -2.29. The highest BCUT2D eigenvalue weighted by Gasteiger charge is 2.14. The Hall–Kier alpha value is -2.88. The molecule has 1 N–H and O–H groups in total. The first-order chi connectivity index (χ1) is 11.1. The van der Waals surface area contributed by atoms with Crippen LogP contribution in [0.5, 0.6) is 5.75 Å². The van der Waals surface area contributed by atoms with Gasteiger partial charge in [0.15, 0.2) is 5.69 Å². The number of phenolic OH excluding ortho intramolecular Hbond substituents is 1. The second-order valence-electron chi connectivity index (χ2n) is 5.78. The lowest BCUT2D eigenvalue weighted by molar-refractivity contribution is -0.597. The van der Waals surface area contributed by atoms with Crippen LogP contribution in [-0.2, 0) is 0 Å². The molecule has 0 aliphatic rings. The van der Waals surface area contributed by atoms with E-state index in [1.165, 1.54) is 6.33 Å². The fraction of sp³-hybridized carbons (Fsp3) is 0.158. The summed E-state index contributed by atoms with van der Waals surface area (Å²) in [6, 6.07) is 16.7. The highest BCUT2D eigenvalue weighted by molar-refractivity contribution is 5.67. The van der Waals surface area contributed by atoms with E-state index in [4.69, 9.17) is 0 Å². The number of hydrogen-bond donors (Lipinski definition) is 1. The smallest absolute Gasteiger partial charge is 0.290 e. The molecule has 0 saturated heterocycles. The Morgan fingerprint density at radius 3 is 2.43 bits per heavy atom. The molecule has 0 atom stereocenters. The summed E-state index contributed by atoms with van der Waals surface area (Å²) < 4.78 is 0.753. The third-order valence-corrected chi connectivity index (χ3v) is 3.83. The third-order valence-electron chi connectivity index (χ3n) is 3.83. The molecule has 2 aromatic carbocycles. The minimum Gasteiger partial charge on any atom is -0.710 e. The van der Waals surface area contributed by atoms with E-state index in [0.717, 1.165) is 27.1 Å². The summed E-state index contributed by atoms with van der Waals surface area (Å²) in [5, 5.41) is 22.1. The fourth-order valence-corrected chi connectivity index (χ4v) is 2.56. The van der Waals surface area contributed by atoms with Gasteiger partial charge in [-0.25, -0.2) is 4.73 Å². The Morgan fingerprint density at radius 2 is 1.74 bits per heavy atom. The van der Waals surface area contributed by atoms with Crippen LogP contribution in [0.1, 0.15) is 25.3 Å². The normalized spacial score (nSPS) is 10.9. The van der Waals surface area contributed by atoms with Gasteiger partial charge in [0.25, 0.3) is 6.33 Å². The second kappa shape index (κ2) is 6.08. The van der Waals surface area contributed by atoms with E-state index in [-0.39, 0.29) is 11.7 Å². The van der Waals surface area contributed by atoms with Gasteiger partial charge in [0.05, 0.1) is 0 Å². The van der Waals surface area contributed by atoms with E-state index < -0.39 is 0 Å². The topological polar surface area (TPSA) is 60.1 Å². The number of aromatic nitrogens is 2. The monoisotopic (exact) mass is 306 g/mol. The van der Waals surface area contributed by atoms with Gasteiger partial charge in [0.2, 0.25) is 0 Å². The molecule has 0 fully saturated rings. The van der Waals surface area contributed by atoms with Crippen molar-refractivity contribution in [3.63, 3.8) is 0 Å². The molecule has 0 radical (unpaired) electrons. The minimum atomic E-state index is 0.172. The number of rotatable bonds is 3. The van der Waals surface area contributed by atoms with Crippen molar-refractivity contribution in [1.82, 2.24) is 4.98 Å². The van der Waals surface area contributed by atoms with E-state index in [9.17, 15) is 10.3 Å². The molecule has 0 spiro atoms. The standard InChI is InChI=1S/C19H18N2O2/c1-13(2)16-10-15(8-9-19(16)22)18-11-17(20-12-21(18)23)14-6-4-3-5-7-14/h3-13,22H,1-2H3. The van der Waals surface area contributed by atoms with Gasteiger partial charge >= 0.3 is 0 Å². The molecule has 1 heterocycles. The molecule has 0 aliphatic heterocycles. The maximum absolute atomic E-state index is 12.2. The van der Waals surface area contributed by atoms with Crippen molar-refractivity contribution in [2.45, 2.75) is 19.8 Å². The Balaban J connectivity index is 2.11. The first kappa shape index (κ1) is 15.0. The predicted molar refractivity (Wildman–Crippen MR) is 89.8 cm³/mol. The predicted octanol–water partition coefficient (Wildman–Crippen LogP) is 3.88.